The number of hydrogen-bond donors (Lipinski definition) is 2. The Morgan fingerprint density at radius 1 is 1.22 bits per heavy atom. The number of rotatable bonds is 4. The Labute approximate surface area is 135 Å². The van der Waals surface area contributed by atoms with E-state index in [1.807, 2.05) is 0 Å². The summed E-state index contributed by atoms with van der Waals surface area (Å²) < 4.78 is 42.3. The molecule has 0 unspecified atom stereocenters. The minimum absolute atomic E-state index is 0.0975. The van der Waals surface area contributed by atoms with Gasteiger partial charge >= 0.3 is 6.18 Å². The van der Waals surface area contributed by atoms with E-state index in [4.69, 9.17) is 16.3 Å². The molecule has 0 aliphatic heterocycles. The zero-order chi connectivity index (χ0) is 17.0. The molecule has 0 radical (unpaired) electrons. The van der Waals surface area contributed by atoms with Gasteiger partial charge in [0.05, 0.1) is 29.6 Å². The molecule has 0 heterocycles. The maximum Gasteiger partial charge on any atom is 0.416 e. The van der Waals surface area contributed by atoms with Gasteiger partial charge < -0.3 is 9.84 Å². The lowest BCUT2D eigenvalue weighted by Crippen LogP contribution is -2.04. The number of ether oxygens (including phenoxy) is 1. The van der Waals surface area contributed by atoms with Gasteiger partial charge in [-0.25, -0.2) is 0 Å². The van der Waals surface area contributed by atoms with E-state index >= 15 is 0 Å². The number of methoxy groups -OCH3 is 1. The quantitative estimate of drug-likeness (QED) is 0.633. The molecule has 8 heteroatoms. The number of anilines is 1. The van der Waals surface area contributed by atoms with Crippen LogP contribution < -0.4 is 10.2 Å². The van der Waals surface area contributed by atoms with Crippen LogP contribution >= 0.6 is 11.6 Å². The first-order chi connectivity index (χ1) is 10.8. The second-order valence-electron chi connectivity index (χ2n) is 4.50. The predicted molar refractivity (Wildman–Crippen MR) is 82.3 cm³/mol. The predicted octanol–water partition coefficient (Wildman–Crippen LogP) is 4.52. The highest BCUT2D eigenvalue weighted by Crippen LogP contribution is 2.34. The number of aromatic hydroxyl groups is 1. The molecule has 0 atom stereocenters. The van der Waals surface area contributed by atoms with Gasteiger partial charge in [-0.05, 0) is 42.0 Å². The summed E-state index contributed by atoms with van der Waals surface area (Å²) in [4.78, 5) is 0. The van der Waals surface area contributed by atoms with Crippen LogP contribution in [0.15, 0.2) is 41.5 Å². The van der Waals surface area contributed by atoms with Gasteiger partial charge in [0, 0.05) is 0 Å². The van der Waals surface area contributed by atoms with Gasteiger partial charge in [-0.2, -0.15) is 18.3 Å². The van der Waals surface area contributed by atoms with Crippen LogP contribution in [-0.2, 0) is 6.18 Å². The summed E-state index contributed by atoms with van der Waals surface area (Å²) in [5.74, 6) is 0.00972. The number of phenolic OH excluding ortho intramolecular Hbond substituents is 1. The molecule has 0 spiro atoms. The van der Waals surface area contributed by atoms with Crippen molar-refractivity contribution in [3.63, 3.8) is 0 Å². The Bertz CT molecular complexity index is 716. The summed E-state index contributed by atoms with van der Waals surface area (Å²) in [5, 5.41) is 13.6. The Morgan fingerprint density at radius 2 is 1.87 bits per heavy atom. The first kappa shape index (κ1) is 17.0. The van der Waals surface area contributed by atoms with Crippen molar-refractivity contribution in [1.82, 2.24) is 0 Å². The van der Waals surface area contributed by atoms with Crippen molar-refractivity contribution in [3.05, 3.63) is 52.5 Å². The Hall–Kier alpha value is -2.41. The lowest BCUT2D eigenvalue weighted by atomic mass is 10.2. The third kappa shape index (κ3) is 4.29. The molecule has 0 aromatic heterocycles. The number of hydrogen-bond acceptors (Lipinski definition) is 4. The second kappa shape index (κ2) is 6.78. The maximum atomic E-state index is 12.4. The normalized spacial score (nSPS) is 11.7. The summed E-state index contributed by atoms with van der Waals surface area (Å²) in [6, 6.07) is 7.43. The molecule has 122 valence electrons. The number of alkyl halides is 3. The van der Waals surface area contributed by atoms with Gasteiger partial charge in [0.1, 0.15) is 0 Å². The highest BCUT2D eigenvalue weighted by atomic mass is 35.5. The SMILES string of the molecule is COc1cc(C=NNc2ccc(C(F)(F)F)cc2)cc(Cl)c1O. The third-order valence-corrected chi connectivity index (χ3v) is 3.18. The molecule has 0 amide bonds. The second-order valence-corrected chi connectivity index (χ2v) is 4.91. The van der Waals surface area contributed by atoms with Crippen molar-refractivity contribution in [2.24, 2.45) is 5.10 Å². The van der Waals surface area contributed by atoms with E-state index in [-0.39, 0.29) is 16.5 Å². The first-order valence-electron chi connectivity index (χ1n) is 6.34. The standard InChI is InChI=1S/C15H12ClF3N2O2/c1-23-13-7-9(6-12(16)14(13)22)8-20-21-11-4-2-10(3-5-11)15(17,18)19/h2-8,21-22H,1H3. The average molecular weight is 345 g/mol. The maximum absolute atomic E-state index is 12.4. The zero-order valence-electron chi connectivity index (χ0n) is 11.9. The number of hydrazone groups is 1. The molecule has 0 saturated heterocycles. The van der Waals surface area contributed by atoms with E-state index in [1.165, 1.54) is 37.6 Å². The fraction of sp³-hybridized carbons (Fsp3) is 0.133. The van der Waals surface area contributed by atoms with Crippen molar-refractivity contribution >= 4 is 23.5 Å². The van der Waals surface area contributed by atoms with Crippen LogP contribution in [0, 0.1) is 0 Å². The molecule has 2 rings (SSSR count). The van der Waals surface area contributed by atoms with Gasteiger partial charge in [-0.1, -0.05) is 11.6 Å². The molecular weight excluding hydrogens is 333 g/mol. The average Bonchev–Trinajstić information content (AvgIpc) is 2.50. The molecular formula is C15H12ClF3N2O2. The molecule has 0 aliphatic carbocycles. The van der Waals surface area contributed by atoms with Crippen LogP contribution in [0.1, 0.15) is 11.1 Å². The van der Waals surface area contributed by atoms with Crippen LogP contribution in [0.4, 0.5) is 18.9 Å². The molecule has 0 aliphatic rings. The highest BCUT2D eigenvalue weighted by Gasteiger charge is 2.29. The number of benzene rings is 2. The van der Waals surface area contributed by atoms with Gasteiger partial charge in [0.25, 0.3) is 0 Å². The van der Waals surface area contributed by atoms with E-state index in [9.17, 15) is 18.3 Å². The Balaban J connectivity index is 2.09. The fourth-order valence-corrected chi connectivity index (χ4v) is 1.96. The van der Waals surface area contributed by atoms with Crippen LogP contribution in [0.25, 0.3) is 0 Å². The summed E-state index contributed by atoms with van der Waals surface area (Å²) in [5.41, 5.74) is 2.80. The van der Waals surface area contributed by atoms with E-state index in [1.54, 1.807) is 0 Å². The van der Waals surface area contributed by atoms with Gasteiger partial charge in [-0.15, -0.1) is 0 Å². The van der Waals surface area contributed by atoms with Crippen molar-refractivity contribution in [2.45, 2.75) is 6.18 Å². The molecule has 0 saturated carbocycles. The lowest BCUT2D eigenvalue weighted by molar-refractivity contribution is -0.137. The van der Waals surface area contributed by atoms with E-state index < -0.39 is 11.7 Å². The third-order valence-electron chi connectivity index (χ3n) is 2.89. The smallest absolute Gasteiger partial charge is 0.416 e. The van der Waals surface area contributed by atoms with Crippen LogP contribution in [0.3, 0.4) is 0 Å². The summed E-state index contributed by atoms with van der Waals surface area (Å²) in [7, 11) is 1.38. The van der Waals surface area contributed by atoms with Crippen molar-refractivity contribution < 1.29 is 23.0 Å². The largest absolute Gasteiger partial charge is 0.503 e. The molecule has 0 fully saturated rings. The van der Waals surface area contributed by atoms with Gasteiger partial charge in [0.2, 0.25) is 0 Å². The monoisotopic (exact) mass is 344 g/mol. The lowest BCUT2D eigenvalue weighted by Gasteiger charge is -2.07. The summed E-state index contributed by atoms with van der Waals surface area (Å²) >= 11 is 5.84. The Morgan fingerprint density at radius 3 is 2.43 bits per heavy atom. The topological polar surface area (TPSA) is 53.8 Å². The van der Waals surface area contributed by atoms with Crippen LogP contribution in [-0.4, -0.2) is 18.4 Å². The summed E-state index contributed by atoms with van der Waals surface area (Å²) in [6.45, 7) is 0. The van der Waals surface area contributed by atoms with Crippen molar-refractivity contribution in [3.8, 4) is 11.5 Å². The Kier molecular flexibility index (Phi) is 5.00. The minimum atomic E-state index is -4.37. The van der Waals surface area contributed by atoms with Gasteiger partial charge in [-0.3, -0.25) is 5.43 Å². The number of nitrogens with zero attached hydrogens (tertiary/aromatic N) is 1. The van der Waals surface area contributed by atoms with E-state index in [0.717, 1.165) is 12.1 Å². The van der Waals surface area contributed by atoms with Gasteiger partial charge in [0.15, 0.2) is 11.5 Å². The number of nitrogens with one attached hydrogen (secondary N) is 1. The molecule has 0 bridgehead atoms. The van der Waals surface area contributed by atoms with Crippen LogP contribution in [0.5, 0.6) is 11.5 Å². The van der Waals surface area contributed by atoms with Crippen molar-refractivity contribution in [1.29, 1.82) is 0 Å². The molecule has 23 heavy (non-hydrogen) atoms. The minimum Gasteiger partial charge on any atom is -0.503 e. The number of phenols is 1. The summed E-state index contributed by atoms with van der Waals surface area (Å²) in [6.07, 6.45) is -2.98. The fourth-order valence-electron chi connectivity index (χ4n) is 1.74. The molecule has 2 aromatic rings. The highest BCUT2D eigenvalue weighted by molar-refractivity contribution is 6.32. The zero-order valence-corrected chi connectivity index (χ0v) is 12.6. The molecule has 4 nitrogen and oxygen atoms in total. The van der Waals surface area contributed by atoms with Crippen LogP contribution in [0.2, 0.25) is 5.02 Å². The van der Waals surface area contributed by atoms with Crippen molar-refractivity contribution in [2.75, 3.05) is 12.5 Å². The van der Waals surface area contributed by atoms with E-state index in [2.05, 4.69) is 10.5 Å². The molecule has 2 aromatic carbocycles. The number of halogens is 4. The first-order valence-corrected chi connectivity index (χ1v) is 6.72. The van der Waals surface area contributed by atoms with E-state index in [0.29, 0.717) is 11.3 Å². The molecule has 2 N–H and O–H groups in total.